The van der Waals surface area contributed by atoms with Crippen molar-refractivity contribution < 1.29 is 5.11 Å². The Kier molecular flexibility index (Phi) is 5.54. The van der Waals surface area contributed by atoms with Crippen molar-refractivity contribution in [3.63, 3.8) is 0 Å². The van der Waals surface area contributed by atoms with Gasteiger partial charge >= 0.3 is 0 Å². The molecule has 1 fully saturated rings. The van der Waals surface area contributed by atoms with Gasteiger partial charge in [-0.2, -0.15) is 0 Å². The predicted molar refractivity (Wildman–Crippen MR) is 76.1 cm³/mol. The average Bonchev–Trinajstić information content (AvgIpc) is 2.46. The van der Waals surface area contributed by atoms with E-state index in [0.717, 1.165) is 50.5 Å². The van der Waals surface area contributed by atoms with E-state index in [1.165, 1.54) is 6.42 Å². The van der Waals surface area contributed by atoms with E-state index < -0.39 is 0 Å². The molecule has 0 radical (unpaired) electrons. The fourth-order valence-electron chi connectivity index (χ4n) is 2.54. The Balaban J connectivity index is 1.93. The van der Waals surface area contributed by atoms with Crippen LogP contribution in [0, 0.1) is 5.92 Å². The van der Waals surface area contributed by atoms with Gasteiger partial charge in [-0.3, -0.25) is 0 Å². The predicted octanol–water partition coefficient (Wildman–Crippen LogP) is 1.18. The molecule has 106 valence electrons. The normalized spacial score (nSPS) is 19.7. The van der Waals surface area contributed by atoms with E-state index in [4.69, 9.17) is 5.11 Å². The Labute approximate surface area is 115 Å². The summed E-state index contributed by atoms with van der Waals surface area (Å²) in [5.74, 6) is 1.40. The number of aromatic nitrogens is 2. The quantitative estimate of drug-likeness (QED) is 0.808. The largest absolute Gasteiger partial charge is 0.396 e. The Bertz CT molecular complexity index is 366. The Hall–Kier alpha value is -1.20. The van der Waals surface area contributed by atoms with E-state index in [-0.39, 0.29) is 6.61 Å². The van der Waals surface area contributed by atoms with Gasteiger partial charge in [-0.15, -0.1) is 0 Å². The number of nitrogens with one attached hydrogen (secondary N) is 1. The summed E-state index contributed by atoms with van der Waals surface area (Å²) in [6.45, 7) is 6.13. The lowest BCUT2D eigenvalue weighted by Gasteiger charge is -2.32. The molecule has 1 atom stereocenters. The van der Waals surface area contributed by atoms with Crippen LogP contribution in [0.4, 0.5) is 5.95 Å². The molecule has 2 heterocycles. The fourth-order valence-corrected chi connectivity index (χ4v) is 2.54. The van der Waals surface area contributed by atoms with Crippen molar-refractivity contribution in [2.24, 2.45) is 5.92 Å². The van der Waals surface area contributed by atoms with Gasteiger partial charge in [-0.1, -0.05) is 6.92 Å². The van der Waals surface area contributed by atoms with Crippen molar-refractivity contribution in [2.45, 2.75) is 32.7 Å². The molecule has 1 aliphatic heterocycles. The first kappa shape index (κ1) is 14.2. The first-order chi connectivity index (χ1) is 9.33. The maximum atomic E-state index is 9.04. The summed E-state index contributed by atoms with van der Waals surface area (Å²) in [7, 11) is 0. The number of hydrogen-bond acceptors (Lipinski definition) is 5. The van der Waals surface area contributed by atoms with Gasteiger partial charge in [0.15, 0.2) is 0 Å². The standard InChI is InChI=1S/C14H24N4O/c1-2-15-8-13-9-16-14(17-10-13)18-6-3-4-12(11-18)5-7-19/h9-10,12,15,19H,2-8,11H2,1H3. The second-order valence-corrected chi connectivity index (χ2v) is 5.14. The maximum Gasteiger partial charge on any atom is 0.225 e. The summed E-state index contributed by atoms with van der Waals surface area (Å²) in [4.78, 5) is 11.2. The zero-order valence-electron chi connectivity index (χ0n) is 11.7. The van der Waals surface area contributed by atoms with Crippen LogP contribution in [-0.4, -0.2) is 41.3 Å². The van der Waals surface area contributed by atoms with Crippen LogP contribution in [0.2, 0.25) is 0 Å². The molecule has 0 aliphatic carbocycles. The van der Waals surface area contributed by atoms with Crippen molar-refractivity contribution in [1.82, 2.24) is 15.3 Å². The number of rotatable bonds is 6. The first-order valence-electron chi connectivity index (χ1n) is 7.21. The molecule has 0 amide bonds. The van der Waals surface area contributed by atoms with Crippen molar-refractivity contribution in [1.29, 1.82) is 0 Å². The van der Waals surface area contributed by atoms with Gasteiger partial charge in [-0.25, -0.2) is 9.97 Å². The molecule has 0 aromatic carbocycles. The second-order valence-electron chi connectivity index (χ2n) is 5.14. The number of aliphatic hydroxyl groups is 1. The fraction of sp³-hybridized carbons (Fsp3) is 0.714. The maximum absolute atomic E-state index is 9.04. The molecule has 1 saturated heterocycles. The summed E-state index contributed by atoms with van der Waals surface area (Å²) in [5, 5.41) is 12.3. The number of aliphatic hydroxyl groups excluding tert-OH is 1. The molecule has 1 aromatic heterocycles. The Morgan fingerprint density at radius 2 is 2.21 bits per heavy atom. The van der Waals surface area contributed by atoms with Crippen molar-refractivity contribution in [3.8, 4) is 0 Å². The zero-order chi connectivity index (χ0) is 13.5. The van der Waals surface area contributed by atoms with Crippen molar-refractivity contribution >= 4 is 5.95 Å². The second kappa shape index (κ2) is 7.40. The molecule has 19 heavy (non-hydrogen) atoms. The number of hydrogen-bond donors (Lipinski definition) is 2. The monoisotopic (exact) mass is 264 g/mol. The molecular weight excluding hydrogens is 240 g/mol. The van der Waals surface area contributed by atoms with Gasteiger partial charge in [0.1, 0.15) is 0 Å². The minimum Gasteiger partial charge on any atom is -0.396 e. The highest BCUT2D eigenvalue weighted by atomic mass is 16.3. The van der Waals surface area contributed by atoms with Crippen molar-refractivity contribution in [3.05, 3.63) is 18.0 Å². The summed E-state index contributed by atoms with van der Waals surface area (Å²) in [5.41, 5.74) is 1.12. The van der Waals surface area contributed by atoms with E-state index in [2.05, 4.69) is 27.1 Å². The smallest absolute Gasteiger partial charge is 0.225 e. The van der Waals surface area contributed by atoms with E-state index >= 15 is 0 Å². The summed E-state index contributed by atoms with van der Waals surface area (Å²) >= 11 is 0. The van der Waals surface area contributed by atoms with Gasteiger partial charge in [0.05, 0.1) is 0 Å². The molecule has 1 aromatic rings. The van der Waals surface area contributed by atoms with E-state index in [9.17, 15) is 0 Å². The molecule has 2 rings (SSSR count). The van der Waals surface area contributed by atoms with E-state index in [1.54, 1.807) is 0 Å². The van der Waals surface area contributed by atoms with E-state index in [1.807, 2.05) is 12.4 Å². The molecule has 0 saturated carbocycles. The lowest BCUT2D eigenvalue weighted by atomic mass is 9.95. The van der Waals surface area contributed by atoms with Gasteiger partial charge in [0.25, 0.3) is 0 Å². The third-order valence-electron chi connectivity index (χ3n) is 3.61. The van der Waals surface area contributed by atoms with Crippen LogP contribution in [0.15, 0.2) is 12.4 Å². The van der Waals surface area contributed by atoms with Gasteiger partial charge in [0, 0.05) is 44.2 Å². The molecular formula is C14H24N4O. The molecule has 1 unspecified atom stereocenters. The molecule has 1 aliphatic rings. The van der Waals surface area contributed by atoms with Crippen molar-refractivity contribution in [2.75, 3.05) is 31.1 Å². The van der Waals surface area contributed by atoms with Crippen LogP contribution in [0.5, 0.6) is 0 Å². The number of anilines is 1. The highest BCUT2D eigenvalue weighted by Crippen LogP contribution is 2.22. The molecule has 0 bridgehead atoms. The minimum absolute atomic E-state index is 0.279. The van der Waals surface area contributed by atoms with Crippen LogP contribution < -0.4 is 10.2 Å². The Morgan fingerprint density at radius 1 is 1.42 bits per heavy atom. The third-order valence-corrected chi connectivity index (χ3v) is 3.61. The molecule has 2 N–H and O–H groups in total. The van der Waals surface area contributed by atoms with Gasteiger partial charge < -0.3 is 15.3 Å². The van der Waals surface area contributed by atoms with Crippen LogP contribution >= 0.6 is 0 Å². The topological polar surface area (TPSA) is 61.3 Å². The summed E-state index contributed by atoms with van der Waals surface area (Å²) < 4.78 is 0. The van der Waals surface area contributed by atoms with E-state index in [0.29, 0.717) is 5.92 Å². The SMILES string of the molecule is CCNCc1cnc(N2CCCC(CCO)C2)nc1. The van der Waals surface area contributed by atoms with Crippen LogP contribution in [-0.2, 0) is 6.54 Å². The van der Waals surface area contributed by atoms with Crippen LogP contribution in [0.1, 0.15) is 31.7 Å². The first-order valence-corrected chi connectivity index (χ1v) is 7.21. The lowest BCUT2D eigenvalue weighted by molar-refractivity contribution is 0.244. The molecule has 0 spiro atoms. The van der Waals surface area contributed by atoms with Crippen LogP contribution in [0.3, 0.4) is 0 Å². The summed E-state index contributed by atoms with van der Waals surface area (Å²) in [6.07, 6.45) is 7.05. The molecule has 5 heteroatoms. The minimum atomic E-state index is 0.279. The summed E-state index contributed by atoms with van der Waals surface area (Å²) in [6, 6.07) is 0. The zero-order valence-corrected chi connectivity index (χ0v) is 11.7. The molecule has 5 nitrogen and oxygen atoms in total. The highest BCUT2D eigenvalue weighted by Gasteiger charge is 2.21. The van der Waals surface area contributed by atoms with Crippen LogP contribution in [0.25, 0.3) is 0 Å². The number of nitrogens with zero attached hydrogens (tertiary/aromatic N) is 3. The van der Waals surface area contributed by atoms with Gasteiger partial charge in [0.2, 0.25) is 5.95 Å². The third kappa shape index (κ3) is 4.14. The highest BCUT2D eigenvalue weighted by molar-refractivity contribution is 5.30. The average molecular weight is 264 g/mol. The number of piperidine rings is 1. The lowest BCUT2D eigenvalue weighted by Crippen LogP contribution is -2.36. The Morgan fingerprint density at radius 3 is 2.89 bits per heavy atom. The van der Waals surface area contributed by atoms with Gasteiger partial charge in [-0.05, 0) is 31.7 Å².